The highest BCUT2D eigenvalue weighted by molar-refractivity contribution is 6.30. The Morgan fingerprint density at radius 3 is 2.78 bits per heavy atom. The number of amides is 1. The second kappa shape index (κ2) is 6.19. The minimum Gasteiger partial charge on any atom is -0.343 e. The Hall–Kier alpha value is -1.09. The molecule has 1 aromatic rings. The second-order valence-corrected chi connectivity index (χ2v) is 5.28. The van der Waals surface area contributed by atoms with E-state index < -0.39 is 0 Å². The van der Waals surface area contributed by atoms with Crippen LogP contribution in [-0.4, -0.2) is 28.9 Å². The van der Waals surface area contributed by atoms with Crippen molar-refractivity contribution in [1.82, 2.24) is 9.88 Å². The number of carbonyl (C=O) groups is 1. The molecule has 18 heavy (non-hydrogen) atoms. The topological polar surface area (TPSA) is 33.2 Å². The summed E-state index contributed by atoms with van der Waals surface area (Å²) >= 11 is 5.96. The summed E-state index contributed by atoms with van der Waals surface area (Å²) in [6.07, 6.45) is 7.17. The number of carbonyl (C=O) groups excluding carboxylic acids is 1. The molecule has 3 nitrogen and oxygen atoms in total. The summed E-state index contributed by atoms with van der Waals surface area (Å²) in [5.41, 5.74) is 1.20. The predicted octanol–water partition coefficient (Wildman–Crippen LogP) is 3.24. The first-order valence-corrected chi connectivity index (χ1v) is 6.96. The third-order valence-electron chi connectivity index (χ3n) is 3.51. The molecule has 0 saturated carbocycles. The van der Waals surface area contributed by atoms with Gasteiger partial charge in [-0.3, -0.25) is 9.78 Å². The summed E-state index contributed by atoms with van der Waals surface area (Å²) in [6, 6.07) is 1.99. The van der Waals surface area contributed by atoms with Crippen LogP contribution in [0.15, 0.2) is 18.5 Å². The summed E-state index contributed by atoms with van der Waals surface area (Å²) in [5, 5.41) is 0.692. The number of pyridine rings is 1. The highest BCUT2D eigenvalue weighted by Crippen LogP contribution is 2.29. The molecule has 1 saturated heterocycles. The molecule has 0 bridgehead atoms. The molecule has 1 aromatic heterocycles. The van der Waals surface area contributed by atoms with E-state index >= 15 is 0 Å². The van der Waals surface area contributed by atoms with Crippen LogP contribution >= 0.6 is 11.6 Å². The smallest absolute Gasteiger partial charge is 0.222 e. The maximum atomic E-state index is 11.8. The number of piperidine rings is 1. The van der Waals surface area contributed by atoms with Crippen molar-refractivity contribution in [3.8, 4) is 0 Å². The molecule has 0 unspecified atom stereocenters. The van der Waals surface area contributed by atoms with Gasteiger partial charge in [0.1, 0.15) is 0 Å². The first-order chi connectivity index (χ1) is 8.70. The van der Waals surface area contributed by atoms with Gasteiger partial charge in [-0.2, -0.15) is 0 Å². The molecule has 0 N–H and O–H groups in total. The lowest BCUT2D eigenvalue weighted by Gasteiger charge is -2.32. The van der Waals surface area contributed by atoms with Crippen molar-refractivity contribution < 1.29 is 4.79 Å². The number of hydrogen-bond donors (Lipinski definition) is 0. The van der Waals surface area contributed by atoms with Gasteiger partial charge in [-0.15, -0.1) is 0 Å². The lowest BCUT2D eigenvalue weighted by atomic mass is 9.90. The zero-order chi connectivity index (χ0) is 13.0. The monoisotopic (exact) mass is 266 g/mol. The molecule has 0 radical (unpaired) electrons. The highest BCUT2D eigenvalue weighted by Gasteiger charge is 2.23. The van der Waals surface area contributed by atoms with Gasteiger partial charge in [-0.1, -0.05) is 18.5 Å². The van der Waals surface area contributed by atoms with Gasteiger partial charge in [0.05, 0.1) is 5.02 Å². The van der Waals surface area contributed by atoms with Crippen LogP contribution < -0.4 is 0 Å². The van der Waals surface area contributed by atoms with E-state index in [1.807, 2.05) is 24.1 Å². The molecule has 98 valence electrons. The Balaban J connectivity index is 1.92. The summed E-state index contributed by atoms with van der Waals surface area (Å²) < 4.78 is 0. The van der Waals surface area contributed by atoms with Crippen LogP contribution in [0.5, 0.6) is 0 Å². The third kappa shape index (κ3) is 3.22. The molecule has 0 aromatic carbocycles. The maximum Gasteiger partial charge on any atom is 0.222 e. The number of nitrogens with zero attached hydrogens (tertiary/aromatic N) is 2. The molecular weight excluding hydrogens is 248 g/mol. The van der Waals surface area contributed by atoms with Crippen molar-refractivity contribution in [3.63, 3.8) is 0 Å². The molecule has 2 rings (SSSR count). The number of aromatic nitrogens is 1. The molecule has 1 amide bonds. The van der Waals surface area contributed by atoms with Crippen LogP contribution in [0, 0.1) is 0 Å². The van der Waals surface area contributed by atoms with E-state index in [-0.39, 0.29) is 0 Å². The van der Waals surface area contributed by atoms with Gasteiger partial charge in [0.2, 0.25) is 5.91 Å². The van der Waals surface area contributed by atoms with Gasteiger partial charge in [-0.05, 0) is 36.8 Å². The van der Waals surface area contributed by atoms with Crippen molar-refractivity contribution >= 4 is 17.5 Å². The molecule has 2 heterocycles. The van der Waals surface area contributed by atoms with Crippen LogP contribution in [0.25, 0.3) is 0 Å². The van der Waals surface area contributed by atoms with Gasteiger partial charge in [0.15, 0.2) is 0 Å². The number of halogens is 1. The highest BCUT2D eigenvalue weighted by atomic mass is 35.5. The fourth-order valence-electron chi connectivity index (χ4n) is 2.49. The summed E-state index contributed by atoms with van der Waals surface area (Å²) in [4.78, 5) is 17.9. The average molecular weight is 267 g/mol. The largest absolute Gasteiger partial charge is 0.343 e. The Bertz CT molecular complexity index is 414. The summed E-state index contributed by atoms with van der Waals surface area (Å²) in [6.45, 7) is 3.76. The minimum atomic E-state index is 0.292. The van der Waals surface area contributed by atoms with E-state index in [9.17, 15) is 4.79 Å². The van der Waals surface area contributed by atoms with E-state index in [0.717, 1.165) is 32.4 Å². The molecule has 1 fully saturated rings. The van der Waals surface area contributed by atoms with E-state index in [4.69, 9.17) is 11.6 Å². The Morgan fingerprint density at radius 1 is 1.44 bits per heavy atom. The van der Waals surface area contributed by atoms with Gasteiger partial charge in [0, 0.05) is 31.9 Å². The predicted molar refractivity (Wildman–Crippen MR) is 72.7 cm³/mol. The number of hydrogen-bond acceptors (Lipinski definition) is 2. The fourth-order valence-corrected chi connectivity index (χ4v) is 2.67. The van der Waals surface area contributed by atoms with Gasteiger partial charge in [-0.25, -0.2) is 0 Å². The molecular formula is C14H19ClN2O. The number of likely N-dealkylation sites (tertiary alicyclic amines) is 1. The van der Waals surface area contributed by atoms with Gasteiger partial charge >= 0.3 is 0 Å². The SMILES string of the molecule is CCCC(=O)N1CCC(c2cncc(Cl)c2)CC1. The lowest BCUT2D eigenvalue weighted by molar-refractivity contribution is -0.132. The molecule has 4 heteroatoms. The van der Waals surface area contributed by atoms with Crippen molar-refractivity contribution in [2.24, 2.45) is 0 Å². The van der Waals surface area contributed by atoms with Crippen molar-refractivity contribution in [2.75, 3.05) is 13.1 Å². The standard InChI is InChI=1S/C14H19ClN2O/c1-2-3-14(18)17-6-4-11(5-7-17)12-8-13(15)10-16-9-12/h8-11H,2-7H2,1H3. The van der Waals surface area contributed by atoms with E-state index in [1.165, 1.54) is 5.56 Å². The van der Waals surface area contributed by atoms with Crippen LogP contribution in [0.1, 0.15) is 44.1 Å². The van der Waals surface area contributed by atoms with E-state index in [0.29, 0.717) is 23.3 Å². The Labute approximate surface area is 113 Å². The van der Waals surface area contributed by atoms with Crippen LogP contribution in [0.4, 0.5) is 0 Å². The molecule has 0 atom stereocenters. The van der Waals surface area contributed by atoms with Crippen molar-refractivity contribution in [1.29, 1.82) is 0 Å². The normalized spacial score (nSPS) is 16.9. The lowest BCUT2D eigenvalue weighted by Crippen LogP contribution is -2.37. The molecule has 0 aliphatic carbocycles. The first kappa shape index (κ1) is 13.3. The summed E-state index contributed by atoms with van der Waals surface area (Å²) in [5.74, 6) is 0.780. The molecule has 1 aliphatic heterocycles. The molecule has 0 spiro atoms. The van der Waals surface area contributed by atoms with Crippen molar-refractivity contribution in [2.45, 2.75) is 38.5 Å². The van der Waals surface area contributed by atoms with Gasteiger partial charge in [0.25, 0.3) is 0 Å². The summed E-state index contributed by atoms with van der Waals surface area (Å²) in [7, 11) is 0. The van der Waals surface area contributed by atoms with E-state index in [1.54, 1.807) is 6.20 Å². The minimum absolute atomic E-state index is 0.292. The van der Waals surface area contributed by atoms with Crippen LogP contribution in [0.3, 0.4) is 0 Å². The second-order valence-electron chi connectivity index (χ2n) is 4.84. The average Bonchev–Trinajstić information content (AvgIpc) is 2.39. The van der Waals surface area contributed by atoms with Gasteiger partial charge < -0.3 is 4.90 Å². The maximum absolute atomic E-state index is 11.8. The Morgan fingerprint density at radius 2 is 2.17 bits per heavy atom. The van der Waals surface area contributed by atoms with Crippen LogP contribution in [0.2, 0.25) is 5.02 Å². The zero-order valence-electron chi connectivity index (χ0n) is 10.7. The van der Waals surface area contributed by atoms with E-state index in [2.05, 4.69) is 4.98 Å². The number of rotatable bonds is 3. The first-order valence-electron chi connectivity index (χ1n) is 6.59. The fraction of sp³-hybridized carbons (Fsp3) is 0.571. The Kier molecular flexibility index (Phi) is 4.59. The van der Waals surface area contributed by atoms with Crippen LogP contribution in [-0.2, 0) is 4.79 Å². The third-order valence-corrected chi connectivity index (χ3v) is 3.72. The molecule has 1 aliphatic rings. The zero-order valence-corrected chi connectivity index (χ0v) is 11.5. The quantitative estimate of drug-likeness (QED) is 0.841. The van der Waals surface area contributed by atoms with Crippen molar-refractivity contribution in [3.05, 3.63) is 29.0 Å².